The summed E-state index contributed by atoms with van der Waals surface area (Å²) in [5.74, 6) is 0.506. The topological polar surface area (TPSA) is 72.2 Å². The van der Waals surface area contributed by atoms with Crippen molar-refractivity contribution in [3.8, 4) is 0 Å². The van der Waals surface area contributed by atoms with Gasteiger partial charge in [-0.15, -0.1) is 0 Å². The second-order valence-corrected chi connectivity index (χ2v) is 6.97. The summed E-state index contributed by atoms with van der Waals surface area (Å²) >= 11 is 0. The highest BCUT2D eigenvalue weighted by Gasteiger charge is 2.17. The minimum absolute atomic E-state index is 0.149. The summed E-state index contributed by atoms with van der Waals surface area (Å²) in [6.07, 6.45) is 0. The van der Waals surface area contributed by atoms with E-state index in [1.807, 2.05) is 26.0 Å². The molecule has 22 heavy (non-hydrogen) atoms. The number of aromatic nitrogens is 1. The number of nitrogens with one attached hydrogen (secondary N) is 1. The zero-order valence-electron chi connectivity index (χ0n) is 12.5. The first-order chi connectivity index (χ1) is 10.3. The Hall–Kier alpha value is -2.34. The van der Waals surface area contributed by atoms with Gasteiger partial charge in [0.25, 0.3) is 10.0 Å². The molecule has 0 saturated carbocycles. The van der Waals surface area contributed by atoms with Crippen LogP contribution in [0.3, 0.4) is 0 Å². The third-order valence-corrected chi connectivity index (χ3v) is 4.77. The van der Waals surface area contributed by atoms with Gasteiger partial charge < -0.3 is 4.42 Å². The van der Waals surface area contributed by atoms with Crippen LogP contribution >= 0.6 is 0 Å². The molecule has 0 aliphatic rings. The normalized spacial score (nSPS) is 11.8. The van der Waals surface area contributed by atoms with Crippen LogP contribution in [0.1, 0.15) is 17.0 Å². The molecule has 0 fully saturated rings. The van der Waals surface area contributed by atoms with Crippen LogP contribution in [0.5, 0.6) is 0 Å². The van der Waals surface area contributed by atoms with E-state index in [-0.39, 0.29) is 4.90 Å². The summed E-state index contributed by atoms with van der Waals surface area (Å²) < 4.78 is 33.0. The molecule has 0 radical (unpaired) electrons. The summed E-state index contributed by atoms with van der Waals surface area (Å²) in [7, 11) is -3.67. The number of sulfonamides is 1. The summed E-state index contributed by atoms with van der Waals surface area (Å²) in [6.45, 7) is 5.56. The van der Waals surface area contributed by atoms with E-state index in [1.165, 1.54) is 12.1 Å². The van der Waals surface area contributed by atoms with Gasteiger partial charge in [0.15, 0.2) is 11.5 Å². The zero-order valence-corrected chi connectivity index (χ0v) is 13.4. The summed E-state index contributed by atoms with van der Waals surface area (Å²) in [6, 6.07) is 10.2. The van der Waals surface area contributed by atoms with Gasteiger partial charge in [-0.25, -0.2) is 13.4 Å². The monoisotopic (exact) mass is 316 g/mol. The summed E-state index contributed by atoms with van der Waals surface area (Å²) in [5, 5.41) is 0. The molecule has 3 aromatic rings. The van der Waals surface area contributed by atoms with Gasteiger partial charge in [-0.1, -0.05) is 17.7 Å². The van der Waals surface area contributed by atoms with E-state index in [1.54, 1.807) is 19.1 Å². The number of aryl methyl sites for hydroxylation is 3. The van der Waals surface area contributed by atoms with Crippen LogP contribution in [0.4, 0.5) is 5.69 Å². The van der Waals surface area contributed by atoms with E-state index >= 15 is 0 Å². The predicted octanol–water partition coefficient (Wildman–Crippen LogP) is 3.55. The third kappa shape index (κ3) is 2.69. The first-order valence-electron chi connectivity index (χ1n) is 6.82. The Bertz CT molecular complexity index is 959. The lowest BCUT2D eigenvalue weighted by Gasteiger charge is -2.11. The van der Waals surface area contributed by atoms with Gasteiger partial charge in [0, 0.05) is 13.0 Å². The highest BCUT2D eigenvalue weighted by Crippen LogP contribution is 2.23. The number of nitrogens with zero attached hydrogens (tertiary/aromatic N) is 1. The second-order valence-electron chi connectivity index (χ2n) is 5.29. The fourth-order valence-electron chi connectivity index (χ4n) is 2.32. The minimum Gasteiger partial charge on any atom is -0.441 e. The fourth-order valence-corrected chi connectivity index (χ4v) is 3.46. The average molecular weight is 316 g/mol. The van der Waals surface area contributed by atoms with Gasteiger partial charge in [0.1, 0.15) is 5.52 Å². The van der Waals surface area contributed by atoms with Crippen LogP contribution in [-0.2, 0) is 10.0 Å². The Morgan fingerprint density at radius 1 is 1.05 bits per heavy atom. The Balaban J connectivity index is 2.00. The van der Waals surface area contributed by atoms with E-state index in [9.17, 15) is 8.42 Å². The van der Waals surface area contributed by atoms with Gasteiger partial charge in [0.2, 0.25) is 0 Å². The van der Waals surface area contributed by atoms with Crippen LogP contribution < -0.4 is 4.72 Å². The van der Waals surface area contributed by atoms with E-state index in [2.05, 4.69) is 9.71 Å². The minimum atomic E-state index is -3.67. The molecular formula is C16H16N2O3S. The molecular weight excluding hydrogens is 300 g/mol. The van der Waals surface area contributed by atoms with Crippen molar-refractivity contribution in [1.29, 1.82) is 0 Å². The van der Waals surface area contributed by atoms with Gasteiger partial charge in [-0.2, -0.15) is 0 Å². The zero-order chi connectivity index (χ0) is 15.9. The van der Waals surface area contributed by atoms with Crippen LogP contribution in [0.2, 0.25) is 0 Å². The molecule has 6 heteroatoms. The van der Waals surface area contributed by atoms with Crippen molar-refractivity contribution in [3.05, 3.63) is 53.4 Å². The molecule has 0 saturated heterocycles. The molecule has 0 aliphatic heterocycles. The molecule has 0 aliphatic carbocycles. The maximum atomic E-state index is 12.5. The van der Waals surface area contributed by atoms with Crippen LogP contribution in [0.15, 0.2) is 45.7 Å². The SMILES string of the molecule is Cc1ccc(NS(=O)(=O)c2ccc3nc(C)oc3c2)c(C)c1. The van der Waals surface area contributed by atoms with Crippen molar-refractivity contribution in [2.75, 3.05) is 4.72 Å². The maximum Gasteiger partial charge on any atom is 0.262 e. The lowest BCUT2D eigenvalue weighted by atomic mass is 10.1. The van der Waals surface area contributed by atoms with E-state index < -0.39 is 10.0 Å². The third-order valence-electron chi connectivity index (χ3n) is 3.40. The lowest BCUT2D eigenvalue weighted by Crippen LogP contribution is -2.13. The number of hydrogen-bond acceptors (Lipinski definition) is 4. The van der Waals surface area contributed by atoms with Crippen molar-refractivity contribution in [3.63, 3.8) is 0 Å². The molecule has 2 aromatic carbocycles. The van der Waals surface area contributed by atoms with E-state index in [4.69, 9.17) is 4.42 Å². The quantitative estimate of drug-likeness (QED) is 0.802. The maximum absolute atomic E-state index is 12.5. The first-order valence-corrected chi connectivity index (χ1v) is 8.31. The average Bonchev–Trinajstić information content (AvgIpc) is 2.81. The van der Waals surface area contributed by atoms with Crippen LogP contribution in [-0.4, -0.2) is 13.4 Å². The largest absolute Gasteiger partial charge is 0.441 e. The molecule has 1 N–H and O–H groups in total. The molecule has 0 unspecified atom stereocenters. The van der Waals surface area contributed by atoms with Crippen LogP contribution in [0, 0.1) is 20.8 Å². The molecule has 0 amide bonds. The lowest BCUT2D eigenvalue weighted by molar-refractivity contribution is 0.559. The summed E-state index contributed by atoms with van der Waals surface area (Å²) in [4.78, 5) is 4.31. The van der Waals surface area contributed by atoms with Gasteiger partial charge in [0.05, 0.1) is 10.6 Å². The number of fused-ring (bicyclic) bond motifs is 1. The number of anilines is 1. The molecule has 0 bridgehead atoms. The number of hydrogen-bond donors (Lipinski definition) is 1. The Kier molecular flexibility index (Phi) is 3.41. The van der Waals surface area contributed by atoms with E-state index in [0.29, 0.717) is 22.7 Å². The summed E-state index contributed by atoms with van der Waals surface area (Å²) in [5.41, 5.74) is 3.63. The molecule has 0 spiro atoms. The predicted molar refractivity (Wildman–Crippen MR) is 85.5 cm³/mol. The van der Waals surface area contributed by atoms with Crippen molar-refractivity contribution in [2.24, 2.45) is 0 Å². The van der Waals surface area contributed by atoms with Crippen molar-refractivity contribution in [2.45, 2.75) is 25.7 Å². The number of rotatable bonds is 3. The Labute approximate surface area is 129 Å². The molecule has 5 nitrogen and oxygen atoms in total. The standard InChI is InChI=1S/C16H16N2O3S/c1-10-4-6-14(11(2)8-10)18-22(19,20)13-5-7-15-16(9-13)21-12(3)17-15/h4-9,18H,1-3H3. The number of benzene rings is 2. The highest BCUT2D eigenvalue weighted by atomic mass is 32.2. The molecule has 1 heterocycles. The van der Waals surface area contributed by atoms with Crippen LogP contribution in [0.25, 0.3) is 11.1 Å². The number of oxazole rings is 1. The second kappa shape index (κ2) is 5.14. The van der Waals surface area contributed by atoms with Crippen molar-refractivity contribution < 1.29 is 12.8 Å². The van der Waals surface area contributed by atoms with Gasteiger partial charge in [-0.05, 0) is 37.6 Å². The highest BCUT2D eigenvalue weighted by molar-refractivity contribution is 7.92. The molecule has 0 atom stereocenters. The fraction of sp³-hybridized carbons (Fsp3) is 0.188. The van der Waals surface area contributed by atoms with Crippen molar-refractivity contribution >= 4 is 26.8 Å². The molecule has 114 valence electrons. The van der Waals surface area contributed by atoms with Gasteiger partial charge >= 0.3 is 0 Å². The van der Waals surface area contributed by atoms with Crippen molar-refractivity contribution in [1.82, 2.24) is 4.98 Å². The van der Waals surface area contributed by atoms with E-state index in [0.717, 1.165) is 11.1 Å². The smallest absolute Gasteiger partial charge is 0.262 e. The molecule has 3 rings (SSSR count). The van der Waals surface area contributed by atoms with Gasteiger partial charge in [-0.3, -0.25) is 4.72 Å². The Morgan fingerprint density at radius 2 is 1.82 bits per heavy atom. The molecule has 1 aromatic heterocycles. The Morgan fingerprint density at radius 3 is 2.55 bits per heavy atom. The first kappa shape index (κ1) is 14.6.